The van der Waals surface area contributed by atoms with Gasteiger partial charge in [0.25, 0.3) is 5.91 Å². The Labute approximate surface area is 176 Å². The number of amides is 1. The molecular weight excluding hydrogens is 426 g/mol. The third kappa shape index (κ3) is 3.28. The van der Waals surface area contributed by atoms with Crippen molar-refractivity contribution < 1.29 is 4.79 Å². The van der Waals surface area contributed by atoms with Gasteiger partial charge in [-0.2, -0.15) is 0 Å². The van der Waals surface area contributed by atoms with Crippen LogP contribution >= 0.6 is 15.9 Å². The quantitative estimate of drug-likeness (QED) is 0.441. The van der Waals surface area contributed by atoms with Gasteiger partial charge in [-0.25, -0.2) is 0 Å². The Hall–Kier alpha value is -3.18. The molecule has 0 saturated carbocycles. The van der Waals surface area contributed by atoms with Crippen molar-refractivity contribution in [1.29, 1.82) is 0 Å². The molecule has 1 amide bonds. The first kappa shape index (κ1) is 17.9. The van der Waals surface area contributed by atoms with Crippen LogP contribution in [0.15, 0.2) is 94.5 Å². The highest BCUT2D eigenvalue weighted by Gasteiger charge is 2.34. The molecule has 29 heavy (non-hydrogen) atoms. The van der Waals surface area contributed by atoms with Gasteiger partial charge in [0.15, 0.2) is 0 Å². The first-order chi connectivity index (χ1) is 14.2. The van der Waals surface area contributed by atoms with Gasteiger partial charge in [0.1, 0.15) is 11.8 Å². The molecule has 0 spiro atoms. The van der Waals surface area contributed by atoms with Crippen molar-refractivity contribution in [2.45, 2.75) is 12.1 Å². The molecule has 4 aromatic rings. The highest BCUT2D eigenvalue weighted by molar-refractivity contribution is 9.10. The molecule has 0 radical (unpaired) electrons. The van der Waals surface area contributed by atoms with Crippen molar-refractivity contribution in [2.75, 3.05) is 0 Å². The second kappa shape index (κ2) is 7.33. The van der Waals surface area contributed by atoms with E-state index in [4.69, 9.17) is 4.99 Å². The van der Waals surface area contributed by atoms with E-state index in [1.807, 2.05) is 72.9 Å². The molecule has 1 aliphatic heterocycles. The summed E-state index contributed by atoms with van der Waals surface area (Å²) in [4.78, 5) is 21.3. The number of aromatic amines is 1. The van der Waals surface area contributed by atoms with Crippen LogP contribution in [-0.4, -0.2) is 16.6 Å². The fourth-order valence-corrected chi connectivity index (χ4v) is 4.25. The van der Waals surface area contributed by atoms with Gasteiger partial charge >= 0.3 is 0 Å². The molecular formula is C24H18BrN3O. The summed E-state index contributed by atoms with van der Waals surface area (Å²) in [6, 6.07) is 25.7. The first-order valence-corrected chi connectivity index (χ1v) is 10.3. The van der Waals surface area contributed by atoms with Gasteiger partial charge < -0.3 is 10.3 Å². The molecule has 2 N–H and O–H groups in total. The predicted octanol–water partition coefficient (Wildman–Crippen LogP) is 5.33. The smallest absolute Gasteiger partial charge is 0.270 e. The van der Waals surface area contributed by atoms with Gasteiger partial charge in [0.05, 0.1) is 6.04 Å². The molecule has 3 aromatic carbocycles. The average Bonchev–Trinajstić information content (AvgIpc) is 3.17. The fraction of sp³-hybridized carbons (Fsp3) is 0.0833. The summed E-state index contributed by atoms with van der Waals surface area (Å²) in [7, 11) is 0. The summed E-state index contributed by atoms with van der Waals surface area (Å²) in [5.41, 5.74) is 4.35. The highest BCUT2D eigenvalue weighted by Crippen LogP contribution is 2.36. The van der Waals surface area contributed by atoms with E-state index in [0.717, 1.165) is 32.1 Å². The second-order valence-electron chi connectivity index (χ2n) is 7.09. The number of aliphatic imine (C=N–C) groups is 1. The van der Waals surface area contributed by atoms with Crippen molar-refractivity contribution in [3.05, 3.63) is 106 Å². The van der Waals surface area contributed by atoms with E-state index in [1.165, 1.54) is 0 Å². The number of hydrogen-bond acceptors (Lipinski definition) is 2. The molecule has 1 aromatic heterocycles. The van der Waals surface area contributed by atoms with Crippen LogP contribution in [0, 0.1) is 0 Å². The van der Waals surface area contributed by atoms with Gasteiger partial charge in [-0.05, 0) is 23.3 Å². The minimum Gasteiger partial charge on any atom is -0.360 e. The lowest BCUT2D eigenvalue weighted by Gasteiger charge is -2.31. The predicted molar refractivity (Wildman–Crippen MR) is 119 cm³/mol. The number of rotatable bonds is 3. The molecule has 0 saturated heterocycles. The van der Waals surface area contributed by atoms with Crippen LogP contribution in [0.5, 0.6) is 0 Å². The van der Waals surface area contributed by atoms with Gasteiger partial charge in [-0.1, -0.05) is 82.7 Å². The number of nitrogens with zero attached hydrogens (tertiary/aromatic N) is 1. The molecule has 5 rings (SSSR count). The number of hydrogen-bond donors (Lipinski definition) is 2. The maximum Gasteiger partial charge on any atom is 0.270 e. The van der Waals surface area contributed by atoms with Crippen molar-refractivity contribution in [3.8, 4) is 0 Å². The van der Waals surface area contributed by atoms with E-state index >= 15 is 0 Å². The Morgan fingerprint density at radius 2 is 1.55 bits per heavy atom. The topological polar surface area (TPSA) is 57.2 Å². The Kier molecular flexibility index (Phi) is 4.52. The molecule has 1 aliphatic rings. The van der Waals surface area contributed by atoms with Crippen LogP contribution in [0.25, 0.3) is 10.9 Å². The number of aromatic nitrogens is 1. The van der Waals surface area contributed by atoms with Gasteiger partial charge in [-0.15, -0.1) is 0 Å². The van der Waals surface area contributed by atoms with E-state index < -0.39 is 0 Å². The van der Waals surface area contributed by atoms with Crippen LogP contribution in [0.3, 0.4) is 0 Å². The number of halogens is 1. The summed E-state index contributed by atoms with van der Waals surface area (Å²) in [5, 5.41) is 4.18. The maximum absolute atomic E-state index is 13.1. The monoisotopic (exact) mass is 443 g/mol. The Morgan fingerprint density at radius 1 is 0.862 bits per heavy atom. The molecule has 2 atom stereocenters. The zero-order valence-electron chi connectivity index (χ0n) is 15.5. The third-order valence-electron chi connectivity index (χ3n) is 5.28. The Bertz CT molecular complexity index is 1210. The molecule has 0 bridgehead atoms. The lowest BCUT2D eigenvalue weighted by molar-refractivity contribution is -0.116. The Balaban J connectivity index is 1.66. The lowest BCUT2D eigenvalue weighted by Crippen LogP contribution is -2.42. The summed E-state index contributed by atoms with van der Waals surface area (Å²) in [6.07, 6.45) is 1.86. The fourth-order valence-electron chi connectivity index (χ4n) is 3.89. The van der Waals surface area contributed by atoms with Crippen LogP contribution in [-0.2, 0) is 4.79 Å². The van der Waals surface area contributed by atoms with Crippen LogP contribution in [0.4, 0.5) is 0 Å². The summed E-state index contributed by atoms with van der Waals surface area (Å²) in [6.45, 7) is 0. The third-order valence-corrected chi connectivity index (χ3v) is 5.78. The normalized spacial score (nSPS) is 19.1. The molecule has 4 nitrogen and oxygen atoms in total. The van der Waals surface area contributed by atoms with E-state index in [9.17, 15) is 4.79 Å². The number of carbonyl (C=O) groups excluding carboxylic acids is 1. The van der Waals surface area contributed by atoms with Crippen molar-refractivity contribution in [3.63, 3.8) is 0 Å². The van der Waals surface area contributed by atoms with Gasteiger partial charge in [0, 0.05) is 27.1 Å². The second-order valence-corrected chi connectivity index (χ2v) is 8.00. The average molecular weight is 444 g/mol. The van der Waals surface area contributed by atoms with Gasteiger partial charge in [-0.3, -0.25) is 9.79 Å². The summed E-state index contributed by atoms with van der Waals surface area (Å²) < 4.78 is 0.986. The van der Waals surface area contributed by atoms with Crippen LogP contribution < -0.4 is 5.32 Å². The maximum atomic E-state index is 13.1. The molecule has 2 heterocycles. The SMILES string of the molecule is O=C1NC(c2ccccc2)C(c2ccccc2)N=C1c1c[nH]c2cc(Br)ccc12. The van der Waals surface area contributed by atoms with Crippen molar-refractivity contribution >= 4 is 38.5 Å². The van der Waals surface area contributed by atoms with Gasteiger partial charge in [0.2, 0.25) is 0 Å². The lowest BCUT2D eigenvalue weighted by atomic mass is 9.91. The zero-order valence-corrected chi connectivity index (χ0v) is 17.1. The molecule has 0 fully saturated rings. The minimum absolute atomic E-state index is 0.158. The number of H-pyrrole nitrogens is 1. The van der Waals surface area contributed by atoms with E-state index in [0.29, 0.717) is 5.71 Å². The van der Waals surface area contributed by atoms with E-state index in [2.05, 4.69) is 38.4 Å². The number of fused-ring (bicyclic) bond motifs is 1. The highest BCUT2D eigenvalue weighted by atomic mass is 79.9. The van der Waals surface area contributed by atoms with Crippen LogP contribution in [0.2, 0.25) is 0 Å². The van der Waals surface area contributed by atoms with E-state index in [-0.39, 0.29) is 18.0 Å². The van der Waals surface area contributed by atoms with E-state index in [1.54, 1.807) is 0 Å². The Morgan fingerprint density at radius 3 is 2.28 bits per heavy atom. The number of carbonyl (C=O) groups is 1. The minimum atomic E-state index is -0.214. The largest absolute Gasteiger partial charge is 0.360 e. The number of nitrogens with one attached hydrogen (secondary N) is 2. The van der Waals surface area contributed by atoms with Crippen molar-refractivity contribution in [1.82, 2.24) is 10.3 Å². The standard InChI is InChI=1S/C24H18BrN3O/c25-17-11-12-18-19(14-26-20(18)13-17)23-24(29)28-22(16-9-5-2-6-10-16)21(27-23)15-7-3-1-4-8-15/h1-14,21-22,26H,(H,28,29). The first-order valence-electron chi connectivity index (χ1n) is 9.46. The van der Waals surface area contributed by atoms with Crippen molar-refractivity contribution in [2.24, 2.45) is 4.99 Å². The number of benzene rings is 3. The molecule has 142 valence electrons. The van der Waals surface area contributed by atoms with Crippen LogP contribution in [0.1, 0.15) is 28.8 Å². The zero-order chi connectivity index (χ0) is 19.8. The summed E-state index contributed by atoms with van der Waals surface area (Å²) >= 11 is 3.49. The molecule has 2 unspecified atom stereocenters. The molecule has 0 aliphatic carbocycles. The molecule has 5 heteroatoms. The summed E-state index contributed by atoms with van der Waals surface area (Å²) in [5.74, 6) is -0.158.